The second-order valence-electron chi connectivity index (χ2n) is 4.22. The van der Waals surface area contributed by atoms with E-state index in [1.54, 1.807) is 11.3 Å². The minimum atomic E-state index is 0.713. The Morgan fingerprint density at radius 1 is 1.28 bits per heavy atom. The molecule has 0 atom stereocenters. The number of aromatic nitrogens is 3. The zero-order valence-electron chi connectivity index (χ0n) is 11.0. The lowest BCUT2D eigenvalue weighted by atomic mass is 10.2. The number of rotatable bonds is 5. The maximum Gasteiger partial charge on any atom is 0.137 e. The Bertz CT molecular complexity index is 521. The Hall–Kier alpha value is -1.49. The summed E-state index contributed by atoms with van der Waals surface area (Å²) in [5, 5.41) is 6.22. The molecule has 2 aromatic rings. The fourth-order valence-corrected chi connectivity index (χ4v) is 2.53. The summed E-state index contributed by atoms with van der Waals surface area (Å²) in [7, 11) is 1.88. The largest absolute Gasteiger partial charge is 0.373 e. The summed E-state index contributed by atoms with van der Waals surface area (Å²) >= 11 is 1.67. The first-order chi connectivity index (χ1) is 8.71. The second kappa shape index (κ2) is 5.91. The van der Waals surface area contributed by atoms with E-state index >= 15 is 0 Å². The fraction of sp³-hybridized carbons (Fsp3) is 0.462. The summed E-state index contributed by atoms with van der Waals surface area (Å²) < 4.78 is 0. The van der Waals surface area contributed by atoms with Crippen molar-refractivity contribution in [1.29, 1.82) is 0 Å². The predicted octanol–water partition coefficient (Wildman–Crippen LogP) is 2.83. The van der Waals surface area contributed by atoms with Gasteiger partial charge >= 0.3 is 0 Å². The molecule has 0 aromatic carbocycles. The number of hydrogen-bond donors (Lipinski definition) is 1. The predicted molar refractivity (Wildman–Crippen MR) is 75.2 cm³/mol. The van der Waals surface area contributed by atoms with E-state index in [9.17, 15) is 0 Å². The van der Waals surface area contributed by atoms with Gasteiger partial charge in [-0.2, -0.15) is 0 Å². The highest BCUT2D eigenvalue weighted by Crippen LogP contribution is 2.15. The topological polar surface area (TPSA) is 50.7 Å². The van der Waals surface area contributed by atoms with Crippen LogP contribution in [-0.4, -0.2) is 22.0 Å². The van der Waals surface area contributed by atoms with Crippen LogP contribution in [0.5, 0.6) is 0 Å². The maximum absolute atomic E-state index is 4.59. The molecule has 4 nitrogen and oxygen atoms in total. The molecule has 1 N–H and O–H groups in total. The molecule has 2 rings (SSSR count). The molecule has 0 amide bonds. The van der Waals surface area contributed by atoms with E-state index in [4.69, 9.17) is 0 Å². The Morgan fingerprint density at radius 2 is 2.11 bits per heavy atom. The first-order valence-electron chi connectivity index (χ1n) is 6.17. The van der Waals surface area contributed by atoms with Gasteiger partial charge in [0.15, 0.2) is 0 Å². The van der Waals surface area contributed by atoms with E-state index in [1.807, 2.05) is 20.0 Å². The van der Waals surface area contributed by atoms with Gasteiger partial charge in [0.05, 0.1) is 6.42 Å². The van der Waals surface area contributed by atoms with Gasteiger partial charge in [-0.3, -0.25) is 0 Å². The molecule has 0 saturated carbocycles. The lowest BCUT2D eigenvalue weighted by Crippen LogP contribution is -2.04. The molecule has 0 aliphatic carbocycles. The van der Waals surface area contributed by atoms with E-state index in [2.05, 4.69) is 32.6 Å². The number of thiazole rings is 1. The van der Waals surface area contributed by atoms with Gasteiger partial charge < -0.3 is 5.32 Å². The average molecular weight is 262 g/mol. The molecule has 0 aliphatic heterocycles. The zero-order valence-corrected chi connectivity index (χ0v) is 11.8. The van der Waals surface area contributed by atoms with Gasteiger partial charge in [-0.25, -0.2) is 15.0 Å². The molecule has 2 aromatic heterocycles. The van der Waals surface area contributed by atoms with E-state index in [1.165, 1.54) is 0 Å². The van der Waals surface area contributed by atoms with Crippen LogP contribution in [0, 0.1) is 6.92 Å². The molecule has 5 heteroatoms. The quantitative estimate of drug-likeness (QED) is 0.900. The van der Waals surface area contributed by atoms with Crippen LogP contribution in [0.1, 0.15) is 35.6 Å². The zero-order chi connectivity index (χ0) is 13.0. The van der Waals surface area contributed by atoms with E-state index in [-0.39, 0.29) is 0 Å². The van der Waals surface area contributed by atoms with Gasteiger partial charge in [-0.1, -0.05) is 13.3 Å². The van der Waals surface area contributed by atoms with Crippen molar-refractivity contribution in [2.24, 2.45) is 0 Å². The lowest BCUT2D eigenvalue weighted by Gasteiger charge is -2.06. The summed E-state index contributed by atoms with van der Waals surface area (Å²) in [4.78, 5) is 13.5. The van der Waals surface area contributed by atoms with Gasteiger partial charge in [0.25, 0.3) is 0 Å². The third-order valence-electron chi connectivity index (χ3n) is 2.56. The molecule has 0 spiro atoms. The number of nitrogens with one attached hydrogen (secondary N) is 1. The number of aryl methyl sites for hydroxylation is 2. The number of nitrogens with zero attached hydrogens (tertiary/aromatic N) is 3. The van der Waals surface area contributed by atoms with Crippen molar-refractivity contribution in [2.45, 2.75) is 33.1 Å². The monoisotopic (exact) mass is 262 g/mol. The summed E-state index contributed by atoms with van der Waals surface area (Å²) in [6.45, 7) is 4.17. The molecule has 0 radical (unpaired) electrons. The van der Waals surface area contributed by atoms with Gasteiger partial charge in [0.2, 0.25) is 0 Å². The maximum atomic E-state index is 4.59. The van der Waals surface area contributed by atoms with Gasteiger partial charge in [-0.15, -0.1) is 11.3 Å². The highest BCUT2D eigenvalue weighted by molar-refractivity contribution is 7.09. The standard InChI is InChI=1S/C13H18N4S/c1-4-5-10-6-11(14-3)17-12(16-10)7-13-15-9(2)8-18-13/h6,8H,4-5,7H2,1-3H3,(H,14,16,17). The molecule has 18 heavy (non-hydrogen) atoms. The van der Waals surface area contributed by atoms with Crippen molar-refractivity contribution in [3.63, 3.8) is 0 Å². The van der Waals surface area contributed by atoms with Gasteiger partial charge in [-0.05, 0) is 13.3 Å². The van der Waals surface area contributed by atoms with Crippen LogP contribution in [0.25, 0.3) is 0 Å². The summed E-state index contributed by atoms with van der Waals surface area (Å²) in [6.07, 6.45) is 2.79. The number of hydrogen-bond acceptors (Lipinski definition) is 5. The van der Waals surface area contributed by atoms with E-state index in [0.29, 0.717) is 6.42 Å². The Labute approximate surface area is 112 Å². The van der Waals surface area contributed by atoms with E-state index in [0.717, 1.165) is 40.9 Å². The molecule has 0 unspecified atom stereocenters. The Balaban J connectivity index is 2.23. The van der Waals surface area contributed by atoms with Crippen molar-refractivity contribution in [3.05, 3.63) is 33.7 Å². The number of anilines is 1. The molecule has 0 aliphatic rings. The Kier molecular flexibility index (Phi) is 4.25. The molecule has 2 heterocycles. The van der Waals surface area contributed by atoms with E-state index < -0.39 is 0 Å². The van der Waals surface area contributed by atoms with Crippen molar-refractivity contribution in [1.82, 2.24) is 15.0 Å². The summed E-state index contributed by atoms with van der Waals surface area (Å²) in [5.74, 6) is 1.73. The minimum absolute atomic E-state index is 0.713. The molecule has 0 bridgehead atoms. The first kappa shape index (κ1) is 13.0. The highest BCUT2D eigenvalue weighted by atomic mass is 32.1. The second-order valence-corrected chi connectivity index (χ2v) is 5.16. The van der Waals surface area contributed by atoms with Crippen molar-refractivity contribution >= 4 is 17.2 Å². The Morgan fingerprint density at radius 3 is 2.72 bits per heavy atom. The molecule has 0 saturated heterocycles. The first-order valence-corrected chi connectivity index (χ1v) is 7.04. The lowest BCUT2D eigenvalue weighted by molar-refractivity contribution is 0.841. The fourth-order valence-electron chi connectivity index (χ4n) is 1.76. The van der Waals surface area contributed by atoms with Crippen LogP contribution in [-0.2, 0) is 12.8 Å². The van der Waals surface area contributed by atoms with Gasteiger partial charge in [0.1, 0.15) is 16.6 Å². The molecular formula is C13H18N4S. The summed E-state index contributed by atoms with van der Waals surface area (Å²) in [6, 6.07) is 2.01. The molecular weight excluding hydrogens is 244 g/mol. The van der Waals surface area contributed by atoms with Crippen LogP contribution in [0.3, 0.4) is 0 Å². The third-order valence-corrected chi connectivity index (χ3v) is 3.53. The smallest absolute Gasteiger partial charge is 0.137 e. The van der Waals surface area contributed by atoms with Crippen molar-refractivity contribution in [3.8, 4) is 0 Å². The third kappa shape index (κ3) is 3.26. The van der Waals surface area contributed by atoms with Crippen LogP contribution in [0.15, 0.2) is 11.4 Å². The minimum Gasteiger partial charge on any atom is -0.373 e. The van der Waals surface area contributed by atoms with Crippen LogP contribution in [0.2, 0.25) is 0 Å². The van der Waals surface area contributed by atoms with Crippen LogP contribution >= 0.6 is 11.3 Å². The van der Waals surface area contributed by atoms with Crippen molar-refractivity contribution < 1.29 is 0 Å². The molecule has 0 fully saturated rings. The SMILES string of the molecule is CCCc1cc(NC)nc(Cc2nc(C)cs2)n1. The summed E-state index contributed by atoms with van der Waals surface area (Å²) in [5.41, 5.74) is 2.16. The van der Waals surface area contributed by atoms with Gasteiger partial charge in [0, 0.05) is 29.9 Å². The van der Waals surface area contributed by atoms with Crippen molar-refractivity contribution in [2.75, 3.05) is 12.4 Å². The van der Waals surface area contributed by atoms with Crippen LogP contribution in [0.4, 0.5) is 5.82 Å². The average Bonchev–Trinajstić information content (AvgIpc) is 2.75. The highest BCUT2D eigenvalue weighted by Gasteiger charge is 2.07. The molecule has 96 valence electrons. The van der Waals surface area contributed by atoms with Crippen LogP contribution < -0.4 is 5.32 Å². The normalized spacial score (nSPS) is 10.6.